The third-order valence-corrected chi connectivity index (χ3v) is 5.21. The molecular weight excluding hydrogens is 286 g/mol. The molecule has 0 fully saturated rings. The lowest BCUT2D eigenvalue weighted by molar-refractivity contribution is 0.303. The lowest BCUT2D eigenvalue weighted by Crippen LogP contribution is -2.17. The smallest absolute Gasteiger partial charge is 0.128 e. The quantitative estimate of drug-likeness (QED) is 0.839. The minimum Gasteiger partial charge on any atom is -0.497 e. The molecule has 5 heteroatoms. The predicted octanol–water partition coefficient (Wildman–Crippen LogP) is 2.81. The van der Waals surface area contributed by atoms with Gasteiger partial charge in [0.1, 0.15) is 11.5 Å². The Bertz CT molecular complexity index is 608. The fraction of sp³-hybridized carbons (Fsp3) is 0.438. The van der Waals surface area contributed by atoms with E-state index < -0.39 is 10.8 Å². The van der Waals surface area contributed by atoms with Crippen molar-refractivity contribution in [1.29, 1.82) is 0 Å². The highest BCUT2D eigenvalue weighted by atomic mass is 32.2. The maximum Gasteiger partial charge on any atom is 0.128 e. The van der Waals surface area contributed by atoms with Gasteiger partial charge in [0.15, 0.2) is 0 Å². The summed E-state index contributed by atoms with van der Waals surface area (Å²) < 4.78 is 23.0. The van der Waals surface area contributed by atoms with Crippen molar-refractivity contribution >= 4 is 10.8 Å². The van der Waals surface area contributed by atoms with Gasteiger partial charge in [0, 0.05) is 28.1 Å². The molecule has 1 aromatic heterocycles. The lowest BCUT2D eigenvalue weighted by Gasteiger charge is -2.17. The van der Waals surface area contributed by atoms with Gasteiger partial charge in [-0.05, 0) is 32.4 Å². The molecule has 0 N–H and O–H groups in total. The van der Waals surface area contributed by atoms with Crippen LogP contribution in [0, 0.1) is 13.8 Å². The molecule has 2 atom stereocenters. The number of hydrogen-bond acceptors (Lipinski definition) is 4. The van der Waals surface area contributed by atoms with E-state index in [2.05, 4.69) is 4.98 Å². The Labute approximate surface area is 128 Å². The summed E-state index contributed by atoms with van der Waals surface area (Å²) in [5.74, 6) is 2.10. The second-order valence-electron chi connectivity index (χ2n) is 5.02. The lowest BCUT2D eigenvalue weighted by atomic mass is 10.1. The zero-order chi connectivity index (χ0) is 15.4. The summed E-state index contributed by atoms with van der Waals surface area (Å²) in [6.07, 6.45) is 8.31. The average Bonchev–Trinajstić information content (AvgIpc) is 2.50. The largest absolute Gasteiger partial charge is 0.497 e. The molecule has 0 bridgehead atoms. The average molecular weight is 307 g/mol. The summed E-state index contributed by atoms with van der Waals surface area (Å²) in [5.41, 5.74) is 2.80. The van der Waals surface area contributed by atoms with Crippen LogP contribution in [-0.4, -0.2) is 28.7 Å². The van der Waals surface area contributed by atoms with Crippen LogP contribution in [0.25, 0.3) is 0 Å². The van der Waals surface area contributed by atoms with Crippen molar-refractivity contribution in [3.05, 3.63) is 47.0 Å². The molecule has 4 nitrogen and oxygen atoms in total. The monoisotopic (exact) mass is 307 g/mol. The normalized spacial score (nSPS) is 19.0. The Morgan fingerprint density at radius 3 is 2.67 bits per heavy atom. The van der Waals surface area contributed by atoms with Gasteiger partial charge in [-0.3, -0.25) is 9.19 Å². The standard InChI is InChI=1S/C16H21NO3S/c1-11-9-17-15(12(2)16(11)20-4)10-21(18)14-7-5-13(19-3)6-8-14/h5-7,9,14H,8,10H2,1-4H3/t14-,21?/m1/s1. The minimum absolute atomic E-state index is 0.0115. The van der Waals surface area contributed by atoms with Crippen molar-refractivity contribution in [2.24, 2.45) is 0 Å². The van der Waals surface area contributed by atoms with Crippen LogP contribution in [0.5, 0.6) is 5.75 Å². The van der Waals surface area contributed by atoms with E-state index in [1.54, 1.807) is 20.4 Å². The summed E-state index contributed by atoms with van der Waals surface area (Å²) in [5, 5.41) is 0.0115. The van der Waals surface area contributed by atoms with Crippen molar-refractivity contribution in [2.45, 2.75) is 31.3 Å². The van der Waals surface area contributed by atoms with Crippen LogP contribution in [0.1, 0.15) is 23.2 Å². The maximum absolute atomic E-state index is 12.5. The Balaban J connectivity index is 2.11. The van der Waals surface area contributed by atoms with Gasteiger partial charge < -0.3 is 9.47 Å². The molecule has 1 aliphatic carbocycles. The molecular formula is C16H21NO3S. The SMILES string of the molecule is COC1=CC[C@H](S(=O)Cc2ncc(C)c(OC)c2C)C=C1. The molecule has 1 unspecified atom stereocenters. The molecule has 0 saturated heterocycles. The molecule has 1 aromatic rings. The zero-order valence-corrected chi connectivity index (χ0v) is 13.7. The Kier molecular flexibility index (Phi) is 5.17. The number of nitrogens with zero attached hydrogens (tertiary/aromatic N) is 1. The van der Waals surface area contributed by atoms with E-state index in [-0.39, 0.29) is 5.25 Å². The Hall–Kier alpha value is -1.62. The molecule has 0 radical (unpaired) electrons. The summed E-state index contributed by atoms with van der Waals surface area (Å²) in [7, 11) is 2.28. The fourth-order valence-electron chi connectivity index (χ4n) is 2.39. The summed E-state index contributed by atoms with van der Waals surface area (Å²) >= 11 is 0. The van der Waals surface area contributed by atoms with Gasteiger partial charge in [-0.15, -0.1) is 0 Å². The molecule has 21 heavy (non-hydrogen) atoms. The van der Waals surface area contributed by atoms with Gasteiger partial charge in [0.2, 0.25) is 0 Å². The van der Waals surface area contributed by atoms with Gasteiger partial charge in [0.25, 0.3) is 0 Å². The van der Waals surface area contributed by atoms with Crippen LogP contribution in [0.15, 0.2) is 30.2 Å². The molecule has 0 amide bonds. The van der Waals surface area contributed by atoms with Gasteiger partial charge in [-0.1, -0.05) is 6.08 Å². The van der Waals surface area contributed by atoms with Crippen LogP contribution < -0.4 is 4.74 Å². The minimum atomic E-state index is -1.01. The third-order valence-electron chi connectivity index (χ3n) is 3.63. The predicted molar refractivity (Wildman–Crippen MR) is 84.7 cm³/mol. The highest BCUT2D eigenvalue weighted by molar-refractivity contribution is 7.85. The number of allylic oxidation sites excluding steroid dienone is 2. The van der Waals surface area contributed by atoms with Crippen molar-refractivity contribution < 1.29 is 13.7 Å². The maximum atomic E-state index is 12.5. The zero-order valence-electron chi connectivity index (χ0n) is 12.9. The van der Waals surface area contributed by atoms with Crippen molar-refractivity contribution in [3.63, 3.8) is 0 Å². The van der Waals surface area contributed by atoms with Gasteiger partial charge in [-0.2, -0.15) is 0 Å². The molecule has 0 aliphatic heterocycles. The number of ether oxygens (including phenoxy) is 2. The molecule has 1 aliphatic rings. The van der Waals surface area contributed by atoms with E-state index in [1.165, 1.54) is 0 Å². The molecule has 114 valence electrons. The van der Waals surface area contributed by atoms with E-state index in [4.69, 9.17) is 9.47 Å². The third kappa shape index (κ3) is 3.53. The van der Waals surface area contributed by atoms with Crippen LogP contribution in [-0.2, 0) is 21.3 Å². The van der Waals surface area contributed by atoms with Crippen molar-refractivity contribution in [3.8, 4) is 5.75 Å². The first-order valence-electron chi connectivity index (χ1n) is 6.85. The second kappa shape index (κ2) is 6.89. The van der Waals surface area contributed by atoms with E-state index in [0.29, 0.717) is 5.75 Å². The van der Waals surface area contributed by atoms with Gasteiger partial charge in [0.05, 0.1) is 30.9 Å². The van der Waals surface area contributed by atoms with Crippen LogP contribution in [0.2, 0.25) is 0 Å². The summed E-state index contributed by atoms with van der Waals surface area (Å²) in [4.78, 5) is 4.42. The Morgan fingerprint density at radius 2 is 2.10 bits per heavy atom. The molecule has 0 saturated carbocycles. The van der Waals surface area contributed by atoms with E-state index in [0.717, 1.165) is 34.8 Å². The number of pyridine rings is 1. The van der Waals surface area contributed by atoms with Crippen molar-refractivity contribution in [1.82, 2.24) is 4.98 Å². The first-order chi connectivity index (χ1) is 10.1. The van der Waals surface area contributed by atoms with E-state index in [9.17, 15) is 4.21 Å². The fourth-order valence-corrected chi connectivity index (χ4v) is 3.73. The highest BCUT2D eigenvalue weighted by Gasteiger charge is 2.19. The van der Waals surface area contributed by atoms with Crippen LogP contribution in [0.3, 0.4) is 0 Å². The molecule has 2 rings (SSSR count). The summed E-state index contributed by atoms with van der Waals surface area (Å²) in [6, 6.07) is 0. The van der Waals surface area contributed by atoms with Crippen LogP contribution >= 0.6 is 0 Å². The van der Waals surface area contributed by atoms with Gasteiger partial charge in [-0.25, -0.2) is 0 Å². The highest BCUT2D eigenvalue weighted by Crippen LogP contribution is 2.26. The van der Waals surface area contributed by atoms with Gasteiger partial charge >= 0.3 is 0 Å². The molecule has 1 heterocycles. The first-order valence-corrected chi connectivity index (χ1v) is 8.23. The van der Waals surface area contributed by atoms with E-state index in [1.807, 2.05) is 32.1 Å². The first kappa shape index (κ1) is 15.8. The number of rotatable bonds is 5. The number of aryl methyl sites for hydroxylation is 1. The number of methoxy groups -OCH3 is 2. The van der Waals surface area contributed by atoms with Crippen molar-refractivity contribution in [2.75, 3.05) is 14.2 Å². The van der Waals surface area contributed by atoms with Crippen LogP contribution in [0.4, 0.5) is 0 Å². The molecule has 0 spiro atoms. The number of aromatic nitrogens is 1. The summed E-state index contributed by atoms with van der Waals surface area (Å²) in [6.45, 7) is 3.92. The molecule has 0 aromatic carbocycles. The number of hydrogen-bond donors (Lipinski definition) is 0. The Morgan fingerprint density at radius 1 is 1.33 bits per heavy atom. The van der Waals surface area contributed by atoms with E-state index >= 15 is 0 Å². The topological polar surface area (TPSA) is 48.4 Å². The second-order valence-corrected chi connectivity index (χ2v) is 6.67.